The topological polar surface area (TPSA) is 67.9 Å². The summed E-state index contributed by atoms with van der Waals surface area (Å²) in [7, 11) is 1.58. The van der Waals surface area contributed by atoms with Gasteiger partial charge in [0.2, 0.25) is 0 Å². The number of methoxy groups -OCH3 is 1. The Hall–Kier alpha value is -4.06. The number of aryl methyl sites for hydroxylation is 1. The number of carbonyl (C=O) groups excluding carboxylic acids is 2. The van der Waals surface area contributed by atoms with Gasteiger partial charge in [-0.2, -0.15) is 0 Å². The highest BCUT2D eigenvalue weighted by Gasteiger charge is 2.40. The molecule has 6 nitrogen and oxygen atoms in total. The van der Waals surface area contributed by atoms with E-state index in [4.69, 9.17) is 9.47 Å². The van der Waals surface area contributed by atoms with Gasteiger partial charge in [-0.3, -0.25) is 9.59 Å². The van der Waals surface area contributed by atoms with E-state index in [2.05, 4.69) is 5.32 Å². The number of para-hydroxylation sites is 1. The minimum absolute atomic E-state index is 0.218. The number of amides is 2. The molecule has 0 unspecified atom stereocenters. The van der Waals surface area contributed by atoms with Gasteiger partial charge in [-0.1, -0.05) is 36.4 Å². The fourth-order valence-corrected chi connectivity index (χ4v) is 3.68. The lowest BCUT2D eigenvalue weighted by atomic mass is 10.0. The third-order valence-electron chi connectivity index (χ3n) is 5.23. The smallest absolute Gasteiger partial charge is 0.282 e. The van der Waals surface area contributed by atoms with Crippen molar-refractivity contribution < 1.29 is 19.1 Å². The van der Waals surface area contributed by atoms with Gasteiger partial charge < -0.3 is 14.8 Å². The number of nitrogens with one attached hydrogen (secondary N) is 1. The average molecular weight is 428 g/mol. The second-order valence-electron chi connectivity index (χ2n) is 7.30. The number of benzene rings is 3. The maximum atomic E-state index is 13.6. The molecule has 0 atom stereocenters. The van der Waals surface area contributed by atoms with Crippen molar-refractivity contribution in [1.82, 2.24) is 0 Å². The summed E-state index contributed by atoms with van der Waals surface area (Å²) < 4.78 is 10.8. The molecule has 1 aliphatic heterocycles. The Kier molecular flexibility index (Phi) is 5.94. The van der Waals surface area contributed by atoms with Crippen LogP contribution in [0.5, 0.6) is 11.5 Å². The Morgan fingerprint density at radius 2 is 1.62 bits per heavy atom. The van der Waals surface area contributed by atoms with Gasteiger partial charge in [0.15, 0.2) is 0 Å². The van der Waals surface area contributed by atoms with Crippen molar-refractivity contribution in [3.05, 3.63) is 89.6 Å². The van der Waals surface area contributed by atoms with Gasteiger partial charge >= 0.3 is 0 Å². The van der Waals surface area contributed by atoms with Crippen molar-refractivity contribution >= 4 is 28.8 Å². The molecule has 0 radical (unpaired) electrons. The van der Waals surface area contributed by atoms with E-state index < -0.39 is 5.91 Å². The minimum atomic E-state index is -0.406. The van der Waals surface area contributed by atoms with Gasteiger partial charge in [-0.25, -0.2) is 4.90 Å². The molecule has 0 aromatic heterocycles. The van der Waals surface area contributed by atoms with Crippen molar-refractivity contribution in [3.8, 4) is 11.5 Å². The molecule has 0 spiro atoms. The summed E-state index contributed by atoms with van der Waals surface area (Å²) in [6, 6.07) is 21.7. The largest absolute Gasteiger partial charge is 0.497 e. The zero-order chi connectivity index (χ0) is 22.7. The van der Waals surface area contributed by atoms with E-state index in [1.54, 1.807) is 43.5 Å². The number of hydrogen-bond donors (Lipinski definition) is 1. The van der Waals surface area contributed by atoms with Crippen LogP contribution in [0.1, 0.15) is 18.1 Å². The van der Waals surface area contributed by atoms with Crippen LogP contribution in [0.2, 0.25) is 0 Å². The molecule has 3 aromatic rings. The normalized spacial score (nSPS) is 13.5. The first kappa shape index (κ1) is 21.2. The van der Waals surface area contributed by atoms with Crippen molar-refractivity contribution in [2.75, 3.05) is 23.9 Å². The van der Waals surface area contributed by atoms with Crippen LogP contribution in [0.3, 0.4) is 0 Å². The molecule has 6 heteroatoms. The lowest BCUT2D eigenvalue weighted by Gasteiger charge is -2.17. The van der Waals surface area contributed by atoms with E-state index >= 15 is 0 Å². The molecule has 0 saturated heterocycles. The Morgan fingerprint density at radius 3 is 2.31 bits per heavy atom. The van der Waals surface area contributed by atoms with Crippen LogP contribution in [-0.2, 0) is 9.59 Å². The summed E-state index contributed by atoms with van der Waals surface area (Å²) >= 11 is 0. The van der Waals surface area contributed by atoms with Crippen molar-refractivity contribution in [3.63, 3.8) is 0 Å². The van der Waals surface area contributed by atoms with Gasteiger partial charge in [0, 0.05) is 11.8 Å². The van der Waals surface area contributed by atoms with E-state index in [0.717, 1.165) is 5.56 Å². The first-order chi connectivity index (χ1) is 15.5. The van der Waals surface area contributed by atoms with Crippen LogP contribution >= 0.6 is 0 Å². The van der Waals surface area contributed by atoms with Crippen LogP contribution in [0, 0.1) is 6.92 Å². The van der Waals surface area contributed by atoms with Crippen molar-refractivity contribution in [2.45, 2.75) is 13.8 Å². The van der Waals surface area contributed by atoms with Gasteiger partial charge in [0.25, 0.3) is 11.8 Å². The Balaban J connectivity index is 1.81. The van der Waals surface area contributed by atoms with Crippen LogP contribution in [0.25, 0.3) is 5.57 Å². The molecule has 0 saturated carbocycles. The molecular formula is C26H24N2O4. The van der Waals surface area contributed by atoms with Crippen molar-refractivity contribution in [2.24, 2.45) is 0 Å². The van der Waals surface area contributed by atoms with E-state index in [0.29, 0.717) is 40.6 Å². The second-order valence-corrected chi connectivity index (χ2v) is 7.30. The lowest BCUT2D eigenvalue weighted by Crippen LogP contribution is -2.33. The molecule has 1 heterocycles. The fourth-order valence-electron chi connectivity index (χ4n) is 3.68. The zero-order valence-corrected chi connectivity index (χ0v) is 18.2. The summed E-state index contributed by atoms with van der Waals surface area (Å²) in [6.07, 6.45) is 0. The molecular weight excluding hydrogens is 404 g/mol. The maximum absolute atomic E-state index is 13.6. The van der Waals surface area contributed by atoms with Crippen LogP contribution < -0.4 is 19.7 Å². The number of hydrogen-bond acceptors (Lipinski definition) is 5. The molecule has 162 valence electrons. The molecule has 1 N–H and O–H groups in total. The second kappa shape index (κ2) is 8.98. The number of carbonyl (C=O) groups is 2. The van der Waals surface area contributed by atoms with Crippen LogP contribution in [0.15, 0.2) is 78.5 Å². The predicted octanol–water partition coefficient (Wildman–Crippen LogP) is 4.80. The summed E-state index contributed by atoms with van der Waals surface area (Å²) in [5.41, 5.74) is 3.21. The number of ether oxygens (including phenoxy) is 2. The Bertz CT molecular complexity index is 1200. The van der Waals surface area contributed by atoms with Gasteiger partial charge in [0.1, 0.15) is 17.2 Å². The summed E-state index contributed by atoms with van der Waals surface area (Å²) in [4.78, 5) is 28.3. The molecule has 0 bridgehead atoms. The standard InChI is InChI=1S/C26H24N2O4/c1-4-32-20-14-12-18(13-15-20)23-24(27-19-9-7-10-21(16-19)31-3)26(30)28(25(23)29)22-11-6-5-8-17(22)2/h5-16,27H,4H2,1-3H3. The molecule has 0 aliphatic carbocycles. The fraction of sp³-hybridized carbons (Fsp3) is 0.154. The number of imide groups is 1. The molecule has 4 rings (SSSR count). The summed E-state index contributed by atoms with van der Waals surface area (Å²) in [5, 5.41) is 3.16. The predicted molar refractivity (Wildman–Crippen MR) is 125 cm³/mol. The minimum Gasteiger partial charge on any atom is -0.497 e. The van der Waals surface area contributed by atoms with Gasteiger partial charge in [-0.05, 0) is 55.3 Å². The van der Waals surface area contributed by atoms with E-state index in [1.165, 1.54) is 4.90 Å². The molecule has 2 amide bonds. The monoisotopic (exact) mass is 428 g/mol. The third kappa shape index (κ3) is 3.95. The quantitative estimate of drug-likeness (QED) is 0.548. The molecule has 1 aliphatic rings. The molecule has 0 fully saturated rings. The van der Waals surface area contributed by atoms with Crippen molar-refractivity contribution in [1.29, 1.82) is 0 Å². The highest BCUT2D eigenvalue weighted by molar-refractivity contribution is 6.46. The lowest BCUT2D eigenvalue weighted by molar-refractivity contribution is -0.120. The maximum Gasteiger partial charge on any atom is 0.282 e. The highest BCUT2D eigenvalue weighted by Crippen LogP contribution is 2.35. The van der Waals surface area contributed by atoms with Crippen LogP contribution in [0.4, 0.5) is 11.4 Å². The summed E-state index contributed by atoms with van der Waals surface area (Å²) in [5.74, 6) is 0.562. The van der Waals surface area contributed by atoms with Crippen LogP contribution in [-0.4, -0.2) is 25.5 Å². The SMILES string of the molecule is CCOc1ccc(C2=C(Nc3cccc(OC)c3)C(=O)N(c3ccccc3C)C2=O)cc1. The van der Waals surface area contributed by atoms with Gasteiger partial charge in [0.05, 0.1) is 25.0 Å². The first-order valence-corrected chi connectivity index (χ1v) is 10.4. The Labute approximate surface area is 187 Å². The highest BCUT2D eigenvalue weighted by atomic mass is 16.5. The summed E-state index contributed by atoms with van der Waals surface area (Å²) in [6.45, 7) is 4.33. The van der Waals surface area contributed by atoms with E-state index in [9.17, 15) is 9.59 Å². The molecule has 3 aromatic carbocycles. The number of nitrogens with zero attached hydrogens (tertiary/aromatic N) is 1. The van der Waals surface area contributed by atoms with Gasteiger partial charge in [-0.15, -0.1) is 0 Å². The number of rotatable bonds is 7. The number of anilines is 2. The first-order valence-electron chi connectivity index (χ1n) is 10.4. The third-order valence-corrected chi connectivity index (χ3v) is 5.23. The van der Waals surface area contributed by atoms with E-state index in [1.807, 2.05) is 50.2 Å². The van der Waals surface area contributed by atoms with E-state index in [-0.39, 0.29) is 11.6 Å². The molecule has 32 heavy (non-hydrogen) atoms. The Morgan fingerprint density at radius 1 is 0.875 bits per heavy atom. The average Bonchev–Trinajstić information content (AvgIpc) is 3.04. The zero-order valence-electron chi connectivity index (χ0n) is 18.2.